The molecule has 1 aliphatic heterocycles. The Morgan fingerprint density at radius 2 is 1.95 bits per heavy atom. The Hall–Kier alpha value is -1.82. The minimum absolute atomic E-state index is 0.207. The summed E-state index contributed by atoms with van der Waals surface area (Å²) in [5, 5.41) is 3.00. The smallest absolute Gasteiger partial charge is 0.302 e. The Bertz CT molecular complexity index is 770. The third-order valence-electron chi connectivity index (χ3n) is 2.83. The lowest BCUT2D eigenvalue weighted by atomic mass is 10.3. The zero-order valence-corrected chi connectivity index (χ0v) is 12.8. The zero-order chi connectivity index (χ0) is 15.0. The van der Waals surface area contributed by atoms with Gasteiger partial charge in [-0.15, -0.1) is 11.3 Å². The van der Waals surface area contributed by atoms with Crippen molar-refractivity contribution in [1.29, 1.82) is 0 Å². The lowest BCUT2D eigenvalue weighted by molar-refractivity contribution is -0.113. The molecule has 1 N–H and O–H groups in total. The number of amides is 3. The van der Waals surface area contributed by atoms with E-state index in [9.17, 15) is 9.59 Å². The molecule has 1 saturated heterocycles. The second-order valence-corrected chi connectivity index (χ2v) is 6.43. The molecule has 0 saturated carbocycles. The number of hydrogen-bond donors (Lipinski definition) is 1. The predicted molar refractivity (Wildman–Crippen MR) is 84.8 cm³/mol. The summed E-state index contributed by atoms with van der Waals surface area (Å²) in [5.74, 6) is -0.424. The summed E-state index contributed by atoms with van der Waals surface area (Å²) in [5.41, 5.74) is 0.635. The number of carbonyl (C=O) groups is 2. The van der Waals surface area contributed by atoms with Crippen molar-refractivity contribution in [1.82, 2.24) is 5.32 Å². The highest BCUT2D eigenvalue weighted by Crippen LogP contribution is 2.27. The second kappa shape index (κ2) is 5.52. The average Bonchev–Trinajstić information content (AvgIpc) is 2.94. The largest absolute Gasteiger partial charge is 0.333 e. The molecule has 2 heterocycles. The van der Waals surface area contributed by atoms with Gasteiger partial charge >= 0.3 is 6.03 Å². The van der Waals surface area contributed by atoms with Crippen LogP contribution in [0.4, 0.5) is 10.5 Å². The first-order chi connectivity index (χ1) is 10.0. The SMILES string of the molecule is O=C1NC(=Cc2ccc(Cl)s2)C(=O)N1c1cccc(Cl)c1. The van der Waals surface area contributed by atoms with E-state index >= 15 is 0 Å². The van der Waals surface area contributed by atoms with Gasteiger partial charge in [0.15, 0.2) is 0 Å². The maximum Gasteiger partial charge on any atom is 0.333 e. The molecule has 1 aromatic carbocycles. The van der Waals surface area contributed by atoms with Crippen LogP contribution in [-0.2, 0) is 4.79 Å². The summed E-state index contributed by atoms with van der Waals surface area (Å²) in [4.78, 5) is 26.2. The van der Waals surface area contributed by atoms with Crippen molar-refractivity contribution < 1.29 is 9.59 Å². The number of anilines is 1. The molecule has 3 amide bonds. The van der Waals surface area contributed by atoms with Crippen LogP contribution in [0.25, 0.3) is 6.08 Å². The lowest BCUT2D eigenvalue weighted by Crippen LogP contribution is -2.30. The van der Waals surface area contributed by atoms with E-state index in [-0.39, 0.29) is 5.70 Å². The molecule has 4 nitrogen and oxygen atoms in total. The molecule has 106 valence electrons. The van der Waals surface area contributed by atoms with Crippen molar-refractivity contribution in [3.05, 3.63) is 56.3 Å². The quantitative estimate of drug-likeness (QED) is 0.660. The van der Waals surface area contributed by atoms with E-state index in [1.807, 2.05) is 0 Å². The van der Waals surface area contributed by atoms with E-state index in [4.69, 9.17) is 23.2 Å². The Kier molecular flexibility index (Phi) is 3.71. The normalized spacial score (nSPS) is 16.7. The maximum atomic E-state index is 12.3. The van der Waals surface area contributed by atoms with Crippen molar-refractivity contribution >= 4 is 58.2 Å². The number of benzene rings is 1. The highest BCUT2D eigenvalue weighted by molar-refractivity contribution is 7.17. The molecule has 7 heteroatoms. The summed E-state index contributed by atoms with van der Waals surface area (Å²) in [6.45, 7) is 0. The number of rotatable bonds is 2. The van der Waals surface area contributed by atoms with Crippen LogP contribution >= 0.6 is 34.5 Å². The molecule has 0 atom stereocenters. The Morgan fingerprint density at radius 3 is 2.62 bits per heavy atom. The number of thiophene rings is 1. The molecular formula is C14H8Cl2N2O2S. The highest BCUT2D eigenvalue weighted by atomic mass is 35.5. The van der Waals surface area contributed by atoms with E-state index in [1.165, 1.54) is 11.3 Å². The van der Waals surface area contributed by atoms with Crippen LogP contribution in [0.2, 0.25) is 9.36 Å². The molecule has 1 aliphatic rings. The van der Waals surface area contributed by atoms with Crippen LogP contribution in [0.5, 0.6) is 0 Å². The van der Waals surface area contributed by atoms with E-state index in [0.29, 0.717) is 15.0 Å². The molecule has 0 spiro atoms. The van der Waals surface area contributed by atoms with Gasteiger partial charge in [-0.05, 0) is 36.4 Å². The van der Waals surface area contributed by atoms with Gasteiger partial charge in [0.05, 0.1) is 10.0 Å². The van der Waals surface area contributed by atoms with Gasteiger partial charge in [0, 0.05) is 9.90 Å². The second-order valence-electron chi connectivity index (χ2n) is 4.25. The monoisotopic (exact) mass is 338 g/mol. The summed E-state index contributed by atoms with van der Waals surface area (Å²) in [7, 11) is 0. The van der Waals surface area contributed by atoms with Crippen LogP contribution in [0, 0.1) is 0 Å². The molecule has 0 aliphatic carbocycles. The van der Waals surface area contributed by atoms with Gasteiger partial charge in [-0.1, -0.05) is 29.3 Å². The first-order valence-electron chi connectivity index (χ1n) is 5.92. The molecule has 3 rings (SSSR count). The topological polar surface area (TPSA) is 49.4 Å². The standard InChI is InChI=1S/C14H8Cl2N2O2S/c15-8-2-1-3-9(6-8)18-13(19)11(17-14(18)20)7-10-4-5-12(16)21-10/h1-7H,(H,17,20). The van der Waals surface area contributed by atoms with Crippen LogP contribution in [0.15, 0.2) is 42.1 Å². The van der Waals surface area contributed by atoms with Gasteiger partial charge in [0.1, 0.15) is 5.70 Å². The first kappa shape index (κ1) is 14.1. The van der Waals surface area contributed by atoms with Crippen molar-refractivity contribution in [2.45, 2.75) is 0 Å². The number of halogens is 2. The molecule has 21 heavy (non-hydrogen) atoms. The fourth-order valence-corrected chi connectivity index (χ4v) is 3.12. The van der Waals surface area contributed by atoms with E-state index in [1.54, 1.807) is 42.5 Å². The van der Waals surface area contributed by atoms with Crippen molar-refractivity contribution in [3.63, 3.8) is 0 Å². The number of urea groups is 1. The van der Waals surface area contributed by atoms with Gasteiger partial charge in [-0.25, -0.2) is 9.69 Å². The minimum atomic E-state index is -0.504. The molecule has 0 bridgehead atoms. The molecule has 0 unspecified atom stereocenters. The van der Waals surface area contributed by atoms with Crippen molar-refractivity contribution in [2.24, 2.45) is 0 Å². The average molecular weight is 339 g/mol. The van der Waals surface area contributed by atoms with Crippen molar-refractivity contribution in [3.8, 4) is 0 Å². The first-order valence-corrected chi connectivity index (χ1v) is 7.50. The molecule has 2 aromatic rings. The number of imide groups is 1. The number of nitrogens with zero attached hydrogens (tertiary/aromatic N) is 1. The van der Waals surface area contributed by atoms with Gasteiger partial charge in [0.2, 0.25) is 0 Å². The van der Waals surface area contributed by atoms with Gasteiger partial charge in [-0.2, -0.15) is 0 Å². The lowest BCUT2D eigenvalue weighted by Gasteiger charge is -2.11. The van der Waals surface area contributed by atoms with Gasteiger partial charge in [-0.3, -0.25) is 4.79 Å². The number of nitrogens with one attached hydrogen (secondary N) is 1. The van der Waals surface area contributed by atoms with Crippen molar-refractivity contribution in [2.75, 3.05) is 4.90 Å². The molecule has 1 aromatic heterocycles. The third-order valence-corrected chi connectivity index (χ3v) is 4.24. The summed E-state index contributed by atoms with van der Waals surface area (Å²) in [6, 6.07) is 9.57. The van der Waals surface area contributed by atoms with Crippen LogP contribution in [0.3, 0.4) is 0 Å². The van der Waals surface area contributed by atoms with Gasteiger partial charge in [0.25, 0.3) is 5.91 Å². The van der Waals surface area contributed by atoms with E-state index in [2.05, 4.69) is 5.32 Å². The van der Waals surface area contributed by atoms with E-state index in [0.717, 1.165) is 9.78 Å². The molecule has 0 radical (unpaired) electrons. The summed E-state index contributed by atoms with van der Waals surface area (Å²) < 4.78 is 0.616. The van der Waals surface area contributed by atoms with Crippen LogP contribution in [0.1, 0.15) is 4.88 Å². The maximum absolute atomic E-state index is 12.3. The predicted octanol–water partition coefficient (Wildman–Crippen LogP) is 4.15. The van der Waals surface area contributed by atoms with Crippen LogP contribution in [-0.4, -0.2) is 11.9 Å². The fourth-order valence-electron chi connectivity index (χ4n) is 1.93. The minimum Gasteiger partial charge on any atom is -0.302 e. The number of carbonyl (C=O) groups excluding carboxylic acids is 2. The summed E-state index contributed by atoms with van der Waals surface area (Å²) >= 11 is 13.1. The van der Waals surface area contributed by atoms with Crippen LogP contribution < -0.4 is 10.2 Å². The fraction of sp³-hybridized carbons (Fsp3) is 0. The molecule has 1 fully saturated rings. The third kappa shape index (κ3) is 2.81. The molecular weight excluding hydrogens is 331 g/mol. The van der Waals surface area contributed by atoms with E-state index < -0.39 is 11.9 Å². The Morgan fingerprint density at radius 1 is 1.14 bits per heavy atom. The number of hydrogen-bond acceptors (Lipinski definition) is 3. The zero-order valence-electron chi connectivity index (χ0n) is 10.5. The Balaban J connectivity index is 1.94. The summed E-state index contributed by atoms with van der Waals surface area (Å²) in [6.07, 6.45) is 1.60. The Labute approximate surface area is 134 Å². The highest BCUT2D eigenvalue weighted by Gasteiger charge is 2.34. The van der Waals surface area contributed by atoms with Gasteiger partial charge < -0.3 is 5.32 Å².